The van der Waals surface area contributed by atoms with Crippen molar-refractivity contribution in [2.24, 2.45) is 0 Å². The smallest absolute Gasteiger partial charge is 0.0594 e. The van der Waals surface area contributed by atoms with Gasteiger partial charge in [0.25, 0.3) is 0 Å². The number of rotatable bonds is 8. The summed E-state index contributed by atoms with van der Waals surface area (Å²) in [6.45, 7) is 5.88. The van der Waals surface area contributed by atoms with Crippen LogP contribution in [0.3, 0.4) is 0 Å². The van der Waals surface area contributed by atoms with Crippen LogP contribution >= 0.6 is 0 Å². The number of hydrogen-bond acceptors (Lipinski definition) is 5. The van der Waals surface area contributed by atoms with Crippen molar-refractivity contribution in [3.8, 4) is 0 Å². The highest BCUT2D eigenvalue weighted by Crippen LogP contribution is 2.31. The predicted molar refractivity (Wildman–Crippen MR) is 106 cm³/mol. The van der Waals surface area contributed by atoms with Gasteiger partial charge in [0.05, 0.1) is 36.7 Å². The van der Waals surface area contributed by atoms with Gasteiger partial charge in [-0.3, -0.25) is 19.8 Å². The maximum atomic E-state index is 6.00. The van der Waals surface area contributed by atoms with E-state index in [1.165, 1.54) is 37.1 Å². The monoisotopic (exact) mass is 366 g/mol. The van der Waals surface area contributed by atoms with Crippen molar-refractivity contribution in [3.63, 3.8) is 0 Å². The van der Waals surface area contributed by atoms with Crippen LogP contribution in [-0.2, 0) is 4.74 Å². The lowest BCUT2D eigenvalue weighted by atomic mass is 10.1. The Hall–Kier alpha value is -1.82. The molecular formula is C22H30N4O. The number of pyridine rings is 2. The van der Waals surface area contributed by atoms with Gasteiger partial charge in [0.2, 0.25) is 0 Å². The highest BCUT2D eigenvalue weighted by atomic mass is 16.5. The summed E-state index contributed by atoms with van der Waals surface area (Å²) in [6, 6.07) is 13.4. The van der Waals surface area contributed by atoms with Crippen LogP contribution in [0.2, 0.25) is 0 Å². The van der Waals surface area contributed by atoms with Crippen molar-refractivity contribution in [1.82, 2.24) is 19.8 Å². The molecule has 0 bridgehead atoms. The molecule has 2 fully saturated rings. The molecule has 2 aliphatic rings. The van der Waals surface area contributed by atoms with Crippen LogP contribution in [0.4, 0.5) is 0 Å². The molecule has 5 nitrogen and oxygen atoms in total. The van der Waals surface area contributed by atoms with Crippen molar-refractivity contribution in [2.45, 2.75) is 37.8 Å². The zero-order valence-electron chi connectivity index (χ0n) is 16.0. The van der Waals surface area contributed by atoms with Crippen LogP contribution < -0.4 is 0 Å². The third kappa shape index (κ3) is 4.72. The first-order valence-electron chi connectivity index (χ1n) is 10.3. The van der Waals surface area contributed by atoms with Gasteiger partial charge in [0.1, 0.15) is 0 Å². The summed E-state index contributed by atoms with van der Waals surface area (Å²) in [5.74, 6) is 0. The van der Waals surface area contributed by atoms with Crippen molar-refractivity contribution in [2.75, 3.05) is 39.4 Å². The Morgan fingerprint density at radius 1 is 0.778 bits per heavy atom. The predicted octanol–water partition coefficient (Wildman–Crippen LogP) is 3.47. The lowest BCUT2D eigenvalue weighted by Gasteiger charge is -2.25. The van der Waals surface area contributed by atoms with Crippen LogP contribution in [0.1, 0.15) is 49.2 Å². The second kappa shape index (κ2) is 9.40. The molecular weight excluding hydrogens is 336 g/mol. The summed E-state index contributed by atoms with van der Waals surface area (Å²) in [7, 11) is 0. The van der Waals surface area contributed by atoms with Crippen molar-refractivity contribution in [1.29, 1.82) is 0 Å². The van der Waals surface area contributed by atoms with Gasteiger partial charge in [0.15, 0.2) is 0 Å². The van der Waals surface area contributed by atoms with E-state index in [0.717, 1.165) is 39.4 Å². The van der Waals surface area contributed by atoms with Crippen molar-refractivity contribution >= 4 is 0 Å². The summed E-state index contributed by atoms with van der Waals surface area (Å²) in [6.07, 6.45) is 8.71. The number of ether oxygens (including phenoxy) is 1. The Kier molecular flexibility index (Phi) is 6.45. The van der Waals surface area contributed by atoms with E-state index in [-0.39, 0.29) is 0 Å². The largest absolute Gasteiger partial charge is 0.379 e. The summed E-state index contributed by atoms with van der Waals surface area (Å²) >= 11 is 0. The Morgan fingerprint density at radius 2 is 1.30 bits per heavy atom. The van der Waals surface area contributed by atoms with Gasteiger partial charge >= 0.3 is 0 Å². The minimum Gasteiger partial charge on any atom is -0.379 e. The van der Waals surface area contributed by atoms with Gasteiger partial charge in [-0.05, 0) is 63.0 Å². The maximum Gasteiger partial charge on any atom is 0.0594 e. The number of hydrogen-bond donors (Lipinski definition) is 0. The lowest BCUT2D eigenvalue weighted by molar-refractivity contribution is 0.0762. The highest BCUT2D eigenvalue weighted by Gasteiger charge is 2.27. The molecule has 2 saturated heterocycles. The van der Waals surface area contributed by atoms with Crippen LogP contribution in [0.15, 0.2) is 48.8 Å². The Bertz CT molecular complexity index is 622. The van der Waals surface area contributed by atoms with E-state index in [1.807, 2.05) is 24.5 Å². The summed E-state index contributed by atoms with van der Waals surface area (Å²) < 4.78 is 6.00. The molecule has 4 heterocycles. The van der Waals surface area contributed by atoms with Crippen LogP contribution in [-0.4, -0.2) is 59.2 Å². The number of aromatic nitrogens is 2. The zero-order valence-corrected chi connectivity index (χ0v) is 16.0. The Labute approximate surface area is 162 Å². The molecule has 0 N–H and O–H groups in total. The van der Waals surface area contributed by atoms with Gasteiger partial charge in [-0.1, -0.05) is 12.1 Å². The average Bonchev–Trinajstić information content (AvgIpc) is 3.38. The third-order valence-electron chi connectivity index (χ3n) is 5.83. The minimum atomic E-state index is 0.460. The first-order valence-corrected chi connectivity index (χ1v) is 10.3. The normalized spacial score (nSPS) is 23.9. The van der Waals surface area contributed by atoms with E-state index >= 15 is 0 Å². The Balaban J connectivity index is 1.19. The number of likely N-dealkylation sites (tertiary alicyclic amines) is 2. The molecule has 0 radical (unpaired) electrons. The molecule has 2 aliphatic heterocycles. The van der Waals surface area contributed by atoms with Crippen molar-refractivity contribution < 1.29 is 4.74 Å². The van der Waals surface area contributed by atoms with E-state index in [0.29, 0.717) is 12.1 Å². The Morgan fingerprint density at radius 3 is 1.74 bits per heavy atom. The van der Waals surface area contributed by atoms with Crippen LogP contribution in [0.25, 0.3) is 0 Å². The van der Waals surface area contributed by atoms with E-state index in [2.05, 4.69) is 44.0 Å². The topological polar surface area (TPSA) is 41.5 Å². The van der Waals surface area contributed by atoms with Gasteiger partial charge in [0, 0.05) is 25.5 Å². The molecule has 2 aromatic heterocycles. The third-order valence-corrected chi connectivity index (χ3v) is 5.83. The first kappa shape index (κ1) is 18.5. The second-order valence-electron chi connectivity index (χ2n) is 7.51. The fourth-order valence-corrected chi connectivity index (χ4v) is 4.47. The molecule has 0 aromatic carbocycles. The molecule has 2 aromatic rings. The van der Waals surface area contributed by atoms with Gasteiger partial charge in [-0.15, -0.1) is 0 Å². The SMILES string of the molecule is c1ccc([C@H]2CCCN2CCOCCN2CCC[C@H]2c2ccccn2)nc1. The molecule has 0 spiro atoms. The summed E-state index contributed by atoms with van der Waals surface area (Å²) in [5.41, 5.74) is 2.40. The zero-order chi connectivity index (χ0) is 18.3. The molecule has 27 heavy (non-hydrogen) atoms. The first-order chi connectivity index (χ1) is 13.4. The summed E-state index contributed by atoms with van der Waals surface area (Å²) in [5, 5.41) is 0. The molecule has 0 aliphatic carbocycles. The molecule has 0 amide bonds. The van der Waals surface area contributed by atoms with Crippen LogP contribution in [0, 0.1) is 0 Å². The van der Waals surface area contributed by atoms with Crippen LogP contribution in [0.5, 0.6) is 0 Å². The standard InChI is InChI=1S/C22H30N4O/c1-3-11-23-19(7-1)21-9-5-13-25(21)15-17-27-18-16-26-14-6-10-22(26)20-8-2-4-12-24-20/h1-4,7-8,11-12,21-22H,5-6,9-10,13-18H2/t21-,22+. The molecule has 0 unspecified atom stereocenters. The number of nitrogens with zero attached hydrogens (tertiary/aromatic N) is 4. The fourth-order valence-electron chi connectivity index (χ4n) is 4.47. The lowest BCUT2D eigenvalue weighted by Crippen LogP contribution is -2.30. The second-order valence-corrected chi connectivity index (χ2v) is 7.51. The van der Waals surface area contributed by atoms with Crippen molar-refractivity contribution in [3.05, 3.63) is 60.2 Å². The molecule has 2 atom stereocenters. The molecule has 5 heteroatoms. The average molecular weight is 367 g/mol. The van der Waals surface area contributed by atoms with E-state index in [1.54, 1.807) is 0 Å². The quantitative estimate of drug-likeness (QED) is 0.669. The molecule has 0 saturated carbocycles. The van der Waals surface area contributed by atoms with Gasteiger partial charge in [-0.2, -0.15) is 0 Å². The molecule has 4 rings (SSSR count). The highest BCUT2D eigenvalue weighted by molar-refractivity contribution is 5.11. The van der Waals surface area contributed by atoms with E-state index < -0.39 is 0 Å². The van der Waals surface area contributed by atoms with E-state index in [4.69, 9.17) is 4.74 Å². The van der Waals surface area contributed by atoms with Gasteiger partial charge < -0.3 is 4.74 Å². The minimum absolute atomic E-state index is 0.460. The fraction of sp³-hybridized carbons (Fsp3) is 0.545. The molecule has 144 valence electrons. The van der Waals surface area contributed by atoms with Gasteiger partial charge in [-0.25, -0.2) is 0 Å². The summed E-state index contributed by atoms with van der Waals surface area (Å²) in [4.78, 5) is 14.1. The maximum absolute atomic E-state index is 6.00. The van der Waals surface area contributed by atoms with E-state index in [9.17, 15) is 0 Å².